The third-order valence-electron chi connectivity index (χ3n) is 7.36. The van der Waals surface area contributed by atoms with Crippen LogP contribution >= 0.6 is 0 Å². The summed E-state index contributed by atoms with van der Waals surface area (Å²) in [6.07, 6.45) is 3.79. The number of hydrogen-bond acceptors (Lipinski definition) is 7. The lowest BCUT2D eigenvalue weighted by Crippen LogP contribution is -2.47. The molecule has 0 aliphatic carbocycles. The lowest BCUT2D eigenvalue weighted by atomic mass is 10.1. The molecule has 4 rings (SSSR count). The van der Waals surface area contributed by atoms with E-state index in [1.54, 1.807) is 0 Å². The molecule has 0 unspecified atom stereocenters. The number of piperazine rings is 1. The molecule has 2 fully saturated rings. The fraction of sp³-hybridized carbons (Fsp3) is 0.600. The lowest BCUT2D eigenvalue weighted by molar-refractivity contribution is 0.122. The van der Waals surface area contributed by atoms with Crippen molar-refractivity contribution in [2.75, 3.05) is 67.2 Å². The molecular weight excluding hydrogens is 449 g/mol. The van der Waals surface area contributed by atoms with Crippen molar-refractivity contribution in [1.82, 2.24) is 9.97 Å². The summed E-state index contributed by atoms with van der Waals surface area (Å²) in [6, 6.07) is 5.66. The minimum Gasteiger partial charge on any atom is -0.412 e. The Kier molecular flexibility index (Phi) is 7.44. The zero-order valence-corrected chi connectivity index (χ0v) is 22.2. The van der Waals surface area contributed by atoms with Crippen LogP contribution in [0.4, 0.5) is 21.7 Å². The Morgan fingerprint density at radius 2 is 1.56 bits per heavy atom. The number of benzene rings is 1. The van der Waals surface area contributed by atoms with Crippen molar-refractivity contribution in [1.29, 1.82) is 0 Å². The average Bonchev–Trinajstić information content (AvgIpc) is 2.83. The second kappa shape index (κ2) is 10.2. The lowest BCUT2D eigenvalue weighted by Gasteiger charge is -2.38. The molecule has 2 saturated heterocycles. The standard InChI is InChI=1S/C25H38FN5O2Si/c1-25(2,3)34(4,5)33-19-20-7-6-8-22(23(20)26)30-11-9-29(10-12-30)21-17-27-24(28-18-21)31-13-15-32-16-14-31/h6-8,17-18H,9-16,19H2,1-5H3. The predicted octanol–water partition coefficient (Wildman–Crippen LogP) is 4.30. The number of nitrogens with zero attached hydrogens (tertiary/aromatic N) is 5. The van der Waals surface area contributed by atoms with E-state index in [0.717, 1.165) is 50.9 Å². The van der Waals surface area contributed by atoms with E-state index in [0.29, 0.717) is 31.1 Å². The SMILES string of the molecule is CC(C)(C)[Si](C)(C)OCc1cccc(N2CCN(c3cnc(N4CCOCC4)nc3)CC2)c1F. The van der Waals surface area contributed by atoms with Crippen LogP contribution in [0.2, 0.25) is 18.1 Å². The Balaban J connectivity index is 1.36. The van der Waals surface area contributed by atoms with Gasteiger partial charge in [0, 0.05) is 44.8 Å². The number of aromatic nitrogens is 2. The van der Waals surface area contributed by atoms with Gasteiger partial charge in [-0.1, -0.05) is 32.9 Å². The van der Waals surface area contributed by atoms with Crippen LogP contribution in [0.5, 0.6) is 0 Å². The summed E-state index contributed by atoms with van der Waals surface area (Å²) in [5.41, 5.74) is 2.31. The molecule has 9 heteroatoms. The van der Waals surface area contributed by atoms with E-state index in [4.69, 9.17) is 9.16 Å². The van der Waals surface area contributed by atoms with Crippen LogP contribution in [0.15, 0.2) is 30.6 Å². The van der Waals surface area contributed by atoms with Crippen LogP contribution in [-0.2, 0) is 15.8 Å². The molecular formula is C25H38FN5O2Si. The number of anilines is 3. The molecule has 2 aliphatic heterocycles. The smallest absolute Gasteiger partial charge is 0.225 e. The number of hydrogen-bond donors (Lipinski definition) is 0. The fourth-order valence-electron chi connectivity index (χ4n) is 4.01. The largest absolute Gasteiger partial charge is 0.412 e. The van der Waals surface area contributed by atoms with Crippen molar-refractivity contribution >= 4 is 25.6 Å². The first-order chi connectivity index (χ1) is 16.2. The molecule has 7 nitrogen and oxygen atoms in total. The van der Waals surface area contributed by atoms with Crippen LogP contribution in [-0.4, -0.2) is 70.8 Å². The topological polar surface area (TPSA) is 54.0 Å². The number of rotatable bonds is 6. The summed E-state index contributed by atoms with van der Waals surface area (Å²) in [4.78, 5) is 15.7. The van der Waals surface area contributed by atoms with Gasteiger partial charge in [-0.15, -0.1) is 0 Å². The molecule has 0 N–H and O–H groups in total. The van der Waals surface area contributed by atoms with E-state index < -0.39 is 8.32 Å². The first-order valence-corrected chi connectivity index (χ1v) is 15.1. The van der Waals surface area contributed by atoms with Crippen LogP contribution < -0.4 is 14.7 Å². The Labute approximate surface area is 204 Å². The third kappa shape index (κ3) is 5.53. The van der Waals surface area contributed by atoms with E-state index in [1.807, 2.05) is 30.6 Å². The number of ether oxygens (including phenoxy) is 1. The van der Waals surface area contributed by atoms with Crippen molar-refractivity contribution in [3.63, 3.8) is 0 Å². The van der Waals surface area contributed by atoms with Gasteiger partial charge >= 0.3 is 0 Å². The Morgan fingerprint density at radius 1 is 0.941 bits per heavy atom. The highest BCUT2D eigenvalue weighted by Crippen LogP contribution is 2.37. The van der Waals surface area contributed by atoms with Gasteiger partial charge in [0.05, 0.1) is 43.6 Å². The van der Waals surface area contributed by atoms with E-state index in [9.17, 15) is 0 Å². The van der Waals surface area contributed by atoms with Crippen molar-refractivity contribution < 1.29 is 13.6 Å². The third-order valence-corrected chi connectivity index (χ3v) is 11.8. The minimum absolute atomic E-state index is 0.0987. The van der Waals surface area contributed by atoms with Gasteiger partial charge in [-0.25, -0.2) is 14.4 Å². The molecule has 186 valence electrons. The maximum absolute atomic E-state index is 15.4. The molecule has 0 bridgehead atoms. The molecule has 0 saturated carbocycles. The van der Waals surface area contributed by atoms with Crippen molar-refractivity contribution in [2.45, 2.75) is 45.5 Å². The first-order valence-electron chi connectivity index (χ1n) is 12.2. The normalized spacial score (nSPS) is 17.9. The van der Waals surface area contributed by atoms with Crippen LogP contribution in [0.25, 0.3) is 0 Å². The van der Waals surface area contributed by atoms with Gasteiger partial charge in [-0.2, -0.15) is 0 Å². The molecule has 0 atom stereocenters. The van der Waals surface area contributed by atoms with Crippen LogP contribution in [0, 0.1) is 5.82 Å². The van der Waals surface area contributed by atoms with E-state index in [-0.39, 0.29) is 10.9 Å². The summed E-state index contributed by atoms with van der Waals surface area (Å²) in [6.45, 7) is 17.5. The maximum Gasteiger partial charge on any atom is 0.225 e. The second-order valence-electron chi connectivity index (χ2n) is 10.6. The predicted molar refractivity (Wildman–Crippen MR) is 138 cm³/mol. The first kappa shape index (κ1) is 24.9. The second-order valence-corrected chi connectivity index (χ2v) is 15.4. The van der Waals surface area contributed by atoms with Gasteiger partial charge < -0.3 is 23.9 Å². The van der Waals surface area contributed by atoms with Gasteiger partial charge in [0.15, 0.2) is 14.1 Å². The van der Waals surface area contributed by atoms with Gasteiger partial charge in [-0.3, -0.25) is 0 Å². The minimum atomic E-state index is -1.94. The summed E-state index contributed by atoms with van der Waals surface area (Å²) in [5, 5.41) is 0.0987. The number of morpholine rings is 1. The quantitative estimate of drug-likeness (QED) is 0.563. The van der Waals surface area contributed by atoms with E-state index in [1.165, 1.54) is 0 Å². The zero-order chi connectivity index (χ0) is 24.3. The maximum atomic E-state index is 15.4. The summed E-state index contributed by atoms with van der Waals surface area (Å²) in [7, 11) is -1.94. The molecule has 0 radical (unpaired) electrons. The Morgan fingerprint density at radius 3 is 2.18 bits per heavy atom. The molecule has 34 heavy (non-hydrogen) atoms. The molecule has 3 heterocycles. The summed E-state index contributed by atoms with van der Waals surface area (Å²) in [5.74, 6) is 0.595. The molecule has 0 spiro atoms. The summed E-state index contributed by atoms with van der Waals surface area (Å²) >= 11 is 0. The van der Waals surface area contributed by atoms with E-state index >= 15 is 4.39 Å². The fourth-order valence-corrected chi connectivity index (χ4v) is 4.96. The molecule has 1 aromatic carbocycles. The van der Waals surface area contributed by atoms with E-state index in [2.05, 4.69) is 58.5 Å². The molecule has 2 aromatic rings. The van der Waals surface area contributed by atoms with Gasteiger partial charge in [0.1, 0.15) is 0 Å². The van der Waals surface area contributed by atoms with Crippen molar-refractivity contribution in [3.05, 3.63) is 42.0 Å². The number of halogens is 1. The summed E-state index contributed by atoms with van der Waals surface area (Å²) < 4.78 is 27.1. The van der Waals surface area contributed by atoms with Crippen LogP contribution in [0.3, 0.4) is 0 Å². The zero-order valence-electron chi connectivity index (χ0n) is 21.2. The van der Waals surface area contributed by atoms with Gasteiger partial charge in [0.25, 0.3) is 0 Å². The molecule has 2 aliphatic rings. The Hall–Kier alpha value is -2.23. The monoisotopic (exact) mass is 487 g/mol. The van der Waals surface area contributed by atoms with Gasteiger partial charge in [0.2, 0.25) is 5.95 Å². The highest BCUT2D eigenvalue weighted by Gasteiger charge is 2.37. The molecule has 0 amide bonds. The van der Waals surface area contributed by atoms with Crippen molar-refractivity contribution in [3.8, 4) is 0 Å². The highest BCUT2D eigenvalue weighted by atomic mass is 28.4. The van der Waals surface area contributed by atoms with Gasteiger partial charge in [-0.05, 0) is 24.2 Å². The average molecular weight is 488 g/mol. The highest BCUT2D eigenvalue weighted by molar-refractivity contribution is 6.74. The Bertz CT molecular complexity index is 953. The van der Waals surface area contributed by atoms with Crippen LogP contribution in [0.1, 0.15) is 26.3 Å². The van der Waals surface area contributed by atoms with Crippen molar-refractivity contribution in [2.24, 2.45) is 0 Å². The molecule has 1 aromatic heterocycles.